The van der Waals surface area contributed by atoms with Crippen LogP contribution in [0.4, 0.5) is 0 Å². The Bertz CT molecular complexity index is 256. The standard InChI is InChI=1S/C13H21NO/c1-3-4-5-10-15-13-8-6-12(7-9-13)11-14-2/h6-9H,2-5,10-11,14H2,1H3. The van der Waals surface area contributed by atoms with E-state index in [-0.39, 0.29) is 0 Å². The minimum absolute atomic E-state index is 0.828. The van der Waals surface area contributed by atoms with E-state index in [9.17, 15) is 0 Å². The zero-order valence-corrected chi connectivity index (χ0v) is 9.54. The van der Waals surface area contributed by atoms with Crippen molar-refractivity contribution in [2.45, 2.75) is 32.7 Å². The second-order valence-electron chi connectivity index (χ2n) is 3.69. The zero-order valence-electron chi connectivity index (χ0n) is 9.54. The third-order valence-corrected chi connectivity index (χ3v) is 2.32. The molecule has 0 atom stereocenters. The van der Waals surface area contributed by atoms with E-state index in [1.165, 1.54) is 18.4 Å². The van der Waals surface area contributed by atoms with Crippen LogP contribution in [0.25, 0.3) is 0 Å². The maximum atomic E-state index is 5.62. The van der Waals surface area contributed by atoms with E-state index in [1.807, 2.05) is 17.4 Å². The van der Waals surface area contributed by atoms with Crippen LogP contribution in [-0.4, -0.2) is 6.61 Å². The smallest absolute Gasteiger partial charge is 0.119 e. The number of hydrogen-bond acceptors (Lipinski definition) is 1. The molecule has 1 aromatic rings. The van der Waals surface area contributed by atoms with Crippen molar-refractivity contribution >= 4 is 0 Å². The van der Waals surface area contributed by atoms with Gasteiger partial charge in [0.25, 0.3) is 0 Å². The maximum absolute atomic E-state index is 5.62. The number of hydrogen-bond donors (Lipinski definition) is 1. The van der Waals surface area contributed by atoms with E-state index in [4.69, 9.17) is 4.74 Å². The van der Waals surface area contributed by atoms with Crippen molar-refractivity contribution in [1.82, 2.24) is 0 Å². The molecular formula is C13H21NO. The first kappa shape index (κ1) is 12.1. The normalized spacial score (nSPS) is 10.3. The Morgan fingerprint density at radius 3 is 2.53 bits per heavy atom. The second-order valence-corrected chi connectivity index (χ2v) is 3.69. The summed E-state index contributed by atoms with van der Waals surface area (Å²) in [5.41, 5.74) is 1.28. The highest BCUT2D eigenvalue weighted by atomic mass is 16.5. The summed E-state index contributed by atoms with van der Waals surface area (Å²) >= 11 is 0. The van der Waals surface area contributed by atoms with E-state index < -0.39 is 0 Å². The number of quaternary nitrogens is 1. The number of rotatable bonds is 7. The van der Waals surface area contributed by atoms with Crippen molar-refractivity contribution < 1.29 is 10.1 Å². The monoisotopic (exact) mass is 207 g/mol. The molecule has 0 unspecified atom stereocenters. The molecule has 0 spiro atoms. The van der Waals surface area contributed by atoms with Gasteiger partial charge in [0.15, 0.2) is 0 Å². The van der Waals surface area contributed by atoms with Gasteiger partial charge in [-0.2, -0.15) is 7.05 Å². The lowest BCUT2D eigenvalue weighted by atomic mass is 10.2. The molecule has 84 valence electrons. The summed E-state index contributed by atoms with van der Waals surface area (Å²) in [6.45, 7) is 3.95. The predicted molar refractivity (Wildman–Crippen MR) is 62.4 cm³/mol. The summed E-state index contributed by atoms with van der Waals surface area (Å²) in [7, 11) is 3.72. The molecule has 0 saturated heterocycles. The van der Waals surface area contributed by atoms with Gasteiger partial charge in [0.1, 0.15) is 5.75 Å². The van der Waals surface area contributed by atoms with E-state index in [0.29, 0.717) is 0 Å². The molecule has 2 heteroatoms. The van der Waals surface area contributed by atoms with Crippen LogP contribution in [-0.2, 0) is 6.54 Å². The highest BCUT2D eigenvalue weighted by Crippen LogP contribution is 2.12. The van der Waals surface area contributed by atoms with Gasteiger partial charge in [0, 0.05) is 5.56 Å². The van der Waals surface area contributed by atoms with Gasteiger partial charge in [-0.25, -0.2) is 0 Å². The Morgan fingerprint density at radius 1 is 1.20 bits per heavy atom. The summed E-state index contributed by atoms with van der Waals surface area (Å²) < 4.78 is 5.62. The van der Waals surface area contributed by atoms with Crippen molar-refractivity contribution in [2.24, 2.45) is 0 Å². The Balaban J connectivity index is 2.29. The summed E-state index contributed by atoms with van der Waals surface area (Å²) in [5.74, 6) is 0.971. The minimum atomic E-state index is 0.828. The molecule has 0 aliphatic rings. The average molecular weight is 207 g/mol. The Labute approximate surface area is 92.6 Å². The Kier molecular flexibility index (Phi) is 5.86. The van der Waals surface area contributed by atoms with Crippen LogP contribution in [0.1, 0.15) is 31.7 Å². The summed E-state index contributed by atoms with van der Waals surface area (Å²) in [4.78, 5) is 0. The van der Waals surface area contributed by atoms with Gasteiger partial charge >= 0.3 is 0 Å². The van der Waals surface area contributed by atoms with Crippen LogP contribution in [0, 0.1) is 7.05 Å². The molecule has 0 saturated carbocycles. The SMILES string of the molecule is [CH2-][NH2+]Cc1ccc(OCCCCC)cc1. The van der Waals surface area contributed by atoms with Crippen LogP contribution < -0.4 is 10.1 Å². The van der Waals surface area contributed by atoms with Crippen molar-refractivity contribution in [3.63, 3.8) is 0 Å². The molecule has 0 aromatic heterocycles. The van der Waals surface area contributed by atoms with Crippen LogP contribution in [0.3, 0.4) is 0 Å². The number of ether oxygens (including phenoxy) is 1. The van der Waals surface area contributed by atoms with Crippen molar-refractivity contribution in [2.75, 3.05) is 6.61 Å². The fourth-order valence-corrected chi connectivity index (χ4v) is 1.43. The topological polar surface area (TPSA) is 25.8 Å². The molecule has 15 heavy (non-hydrogen) atoms. The van der Waals surface area contributed by atoms with Crippen molar-refractivity contribution in [3.05, 3.63) is 36.9 Å². The molecule has 0 fully saturated rings. The lowest BCUT2D eigenvalue weighted by molar-refractivity contribution is -0.612. The van der Waals surface area contributed by atoms with E-state index in [1.54, 1.807) is 0 Å². The van der Waals surface area contributed by atoms with Crippen LogP contribution >= 0.6 is 0 Å². The number of benzene rings is 1. The molecule has 1 rings (SSSR count). The predicted octanol–water partition coefficient (Wildman–Crippen LogP) is 2.11. The molecular weight excluding hydrogens is 186 g/mol. The fourth-order valence-electron chi connectivity index (χ4n) is 1.43. The lowest BCUT2D eigenvalue weighted by Crippen LogP contribution is -2.74. The Hall–Kier alpha value is -1.02. The molecule has 0 bridgehead atoms. The molecule has 1 aromatic carbocycles. The quantitative estimate of drug-likeness (QED) is 0.538. The van der Waals surface area contributed by atoms with Gasteiger partial charge in [-0.3, -0.25) is 0 Å². The van der Waals surface area contributed by atoms with E-state index in [0.717, 1.165) is 25.3 Å². The Morgan fingerprint density at radius 2 is 1.93 bits per heavy atom. The van der Waals surface area contributed by atoms with Crippen molar-refractivity contribution in [3.8, 4) is 5.75 Å². The molecule has 0 heterocycles. The molecule has 0 amide bonds. The summed E-state index contributed by atoms with van der Waals surface area (Å²) in [5, 5.41) is 1.91. The first-order valence-corrected chi connectivity index (χ1v) is 5.69. The molecule has 2 N–H and O–H groups in total. The molecule has 0 aliphatic carbocycles. The molecule has 0 radical (unpaired) electrons. The van der Waals surface area contributed by atoms with Crippen LogP contribution in [0.5, 0.6) is 5.75 Å². The van der Waals surface area contributed by atoms with Crippen LogP contribution in [0.15, 0.2) is 24.3 Å². The van der Waals surface area contributed by atoms with Gasteiger partial charge in [-0.1, -0.05) is 19.8 Å². The third-order valence-electron chi connectivity index (χ3n) is 2.32. The maximum Gasteiger partial charge on any atom is 0.119 e. The fraction of sp³-hybridized carbons (Fsp3) is 0.462. The largest absolute Gasteiger partial charge is 0.494 e. The molecule has 0 aliphatic heterocycles. The average Bonchev–Trinajstić information content (AvgIpc) is 2.27. The van der Waals surface area contributed by atoms with E-state index in [2.05, 4.69) is 26.1 Å². The van der Waals surface area contributed by atoms with Gasteiger partial charge in [0.05, 0.1) is 13.2 Å². The van der Waals surface area contributed by atoms with Gasteiger partial charge in [0.2, 0.25) is 0 Å². The molecule has 2 nitrogen and oxygen atoms in total. The number of unbranched alkanes of at least 4 members (excludes halogenated alkanes) is 2. The first-order valence-electron chi connectivity index (χ1n) is 5.69. The zero-order chi connectivity index (χ0) is 10.9. The van der Waals surface area contributed by atoms with Crippen molar-refractivity contribution in [1.29, 1.82) is 0 Å². The first-order chi connectivity index (χ1) is 7.36. The number of nitrogens with two attached hydrogens (primary N) is 1. The second kappa shape index (κ2) is 7.30. The van der Waals surface area contributed by atoms with Gasteiger partial charge in [-0.05, 0) is 30.7 Å². The lowest BCUT2D eigenvalue weighted by Gasteiger charge is -2.06. The highest BCUT2D eigenvalue weighted by Gasteiger charge is 1.95. The van der Waals surface area contributed by atoms with Crippen LogP contribution in [0.2, 0.25) is 0 Å². The van der Waals surface area contributed by atoms with Gasteiger partial charge in [-0.15, -0.1) is 0 Å². The summed E-state index contributed by atoms with van der Waals surface area (Å²) in [6.07, 6.45) is 3.63. The third kappa shape index (κ3) is 4.84. The van der Waals surface area contributed by atoms with Gasteiger partial charge < -0.3 is 10.1 Å². The minimum Gasteiger partial charge on any atom is -0.494 e. The highest BCUT2D eigenvalue weighted by molar-refractivity contribution is 5.26. The van der Waals surface area contributed by atoms with E-state index >= 15 is 0 Å². The summed E-state index contributed by atoms with van der Waals surface area (Å²) in [6, 6.07) is 8.25.